The van der Waals surface area contributed by atoms with E-state index in [1.165, 1.54) is 7.11 Å². The molecule has 0 bridgehead atoms. The van der Waals surface area contributed by atoms with E-state index >= 15 is 0 Å². The van der Waals surface area contributed by atoms with Gasteiger partial charge in [-0.25, -0.2) is 4.79 Å². The highest BCUT2D eigenvalue weighted by Gasteiger charge is 2.03. The minimum atomic E-state index is -0.337. The summed E-state index contributed by atoms with van der Waals surface area (Å²) in [4.78, 5) is 11.1. The number of carbonyl (C=O) groups excluding carboxylic acids is 1. The fourth-order valence-electron chi connectivity index (χ4n) is 1.29. The molecule has 1 aromatic carbocycles. The standard InChI is InChI=1S/C13H13BrN2O2/c1-9(13(17)18-2)5-6-16-12-4-3-10(8-15)7-11(12)14/h3-5,7,16H,6H2,1-2H3/b9-5+. The zero-order valence-electron chi connectivity index (χ0n) is 10.2. The van der Waals surface area contributed by atoms with Crippen LogP contribution in [0.3, 0.4) is 0 Å². The van der Waals surface area contributed by atoms with Gasteiger partial charge >= 0.3 is 5.97 Å². The van der Waals surface area contributed by atoms with Crippen molar-refractivity contribution in [3.63, 3.8) is 0 Å². The van der Waals surface area contributed by atoms with E-state index in [0.29, 0.717) is 17.7 Å². The van der Waals surface area contributed by atoms with Crippen LogP contribution < -0.4 is 5.32 Å². The maximum absolute atomic E-state index is 11.1. The lowest BCUT2D eigenvalue weighted by Crippen LogP contribution is -2.05. The molecule has 0 aliphatic rings. The lowest BCUT2D eigenvalue weighted by Gasteiger charge is -2.07. The zero-order chi connectivity index (χ0) is 13.5. The van der Waals surface area contributed by atoms with Crippen LogP contribution in [-0.4, -0.2) is 19.6 Å². The molecular weight excluding hydrogens is 296 g/mol. The molecule has 0 atom stereocenters. The lowest BCUT2D eigenvalue weighted by atomic mass is 10.2. The highest BCUT2D eigenvalue weighted by molar-refractivity contribution is 9.10. The summed E-state index contributed by atoms with van der Waals surface area (Å²) in [6.45, 7) is 2.20. The van der Waals surface area contributed by atoms with E-state index in [0.717, 1.165) is 10.2 Å². The molecular formula is C13H13BrN2O2. The number of nitriles is 1. The van der Waals surface area contributed by atoms with Crippen molar-refractivity contribution in [2.24, 2.45) is 0 Å². The molecule has 18 heavy (non-hydrogen) atoms. The molecule has 0 heterocycles. The molecule has 1 N–H and O–H groups in total. The maximum atomic E-state index is 11.1. The number of hydrogen-bond acceptors (Lipinski definition) is 4. The highest BCUT2D eigenvalue weighted by Crippen LogP contribution is 2.23. The zero-order valence-corrected chi connectivity index (χ0v) is 11.7. The average Bonchev–Trinajstić information content (AvgIpc) is 2.39. The first-order chi connectivity index (χ1) is 8.58. The number of esters is 1. The molecule has 1 aromatic rings. The number of methoxy groups -OCH3 is 1. The summed E-state index contributed by atoms with van der Waals surface area (Å²) in [6.07, 6.45) is 1.75. The second kappa shape index (κ2) is 6.82. The summed E-state index contributed by atoms with van der Waals surface area (Å²) in [5.41, 5.74) is 2.01. The van der Waals surface area contributed by atoms with Crippen LogP contribution in [0.1, 0.15) is 12.5 Å². The summed E-state index contributed by atoms with van der Waals surface area (Å²) in [6, 6.07) is 7.33. The summed E-state index contributed by atoms with van der Waals surface area (Å²) in [5.74, 6) is -0.337. The fraction of sp³-hybridized carbons (Fsp3) is 0.231. The third-order valence-electron chi connectivity index (χ3n) is 2.31. The van der Waals surface area contributed by atoms with Crippen LogP contribution in [0, 0.1) is 11.3 Å². The number of ether oxygens (including phenoxy) is 1. The Morgan fingerprint density at radius 2 is 2.33 bits per heavy atom. The predicted octanol–water partition coefficient (Wildman–Crippen LogP) is 2.85. The molecule has 0 fully saturated rings. The third kappa shape index (κ3) is 3.90. The predicted molar refractivity (Wildman–Crippen MR) is 73.1 cm³/mol. The Morgan fingerprint density at radius 1 is 1.61 bits per heavy atom. The lowest BCUT2D eigenvalue weighted by molar-refractivity contribution is -0.136. The van der Waals surface area contributed by atoms with Gasteiger partial charge in [0.05, 0.1) is 18.7 Å². The molecule has 0 aliphatic carbocycles. The summed E-state index contributed by atoms with van der Waals surface area (Å²) in [5, 5.41) is 11.9. The van der Waals surface area contributed by atoms with Crippen molar-refractivity contribution in [1.29, 1.82) is 5.26 Å². The number of anilines is 1. The van der Waals surface area contributed by atoms with Crippen LogP contribution in [0.2, 0.25) is 0 Å². The van der Waals surface area contributed by atoms with Crippen molar-refractivity contribution >= 4 is 27.6 Å². The minimum absolute atomic E-state index is 0.337. The third-order valence-corrected chi connectivity index (χ3v) is 2.96. The van der Waals surface area contributed by atoms with Gasteiger partial charge in [-0.15, -0.1) is 0 Å². The molecule has 0 aliphatic heterocycles. The number of nitrogens with zero attached hydrogens (tertiary/aromatic N) is 1. The molecule has 0 unspecified atom stereocenters. The number of carbonyl (C=O) groups is 1. The number of nitrogens with one attached hydrogen (secondary N) is 1. The molecule has 94 valence electrons. The van der Waals surface area contributed by atoms with Crippen molar-refractivity contribution in [2.45, 2.75) is 6.92 Å². The van der Waals surface area contributed by atoms with E-state index < -0.39 is 0 Å². The Labute approximate surface area is 114 Å². The van der Waals surface area contributed by atoms with Gasteiger partial charge < -0.3 is 10.1 Å². The number of benzene rings is 1. The molecule has 5 heteroatoms. The molecule has 4 nitrogen and oxygen atoms in total. The van der Waals surface area contributed by atoms with Crippen molar-refractivity contribution in [2.75, 3.05) is 19.0 Å². The van der Waals surface area contributed by atoms with Crippen molar-refractivity contribution in [3.8, 4) is 6.07 Å². The Hall–Kier alpha value is -1.80. The second-order valence-electron chi connectivity index (χ2n) is 3.57. The van der Waals surface area contributed by atoms with Crippen LogP contribution in [0.5, 0.6) is 0 Å². The van der Waals surface area contributed by atoms with Crippen molar-refractivity contribution in [1.82, 2.24) is 0 Å². The van der Waals surface area contributed by atoms with E-state index in [-0.39, 0.29) is 5.97 Å². The Kier molecular flexibility index (Phi) is 5.40. The van der Waals surface area contributed by atoms with Gasteiger partial charge in [0, 0.05) is 22.3 Å². The van der Waals surface area contributed by atoms with Gasteiger partial charge in [-0.1, -0.05) is 6.08 Å². The SMILES string of the molecule is COC(=O)/C(C)=C/CNc1ccc(C#N)cc1Br. The largest absolute Gasteiger partial charge is 0.466 e. The van der Waals surface area contributed by atoms with E-state index in [1.807, 2.05) is 6.07 Å². The van der Waals surface area contributed by atoms with E-state index in [4.69, 9.17) is 5.26 Å². The van der Waals surface area contributed by atoms with Crippen LogP contribution in [0.15, 0.2) is 34.3 Å². The minimum Gasteiger partial charge on any atom is -0.466 e. The molecule has 0 aromatic heterocycles. The molecule has 0 saturated heterocycles. The number of hydrogen-bond donors (Lipinski definition) is 1. The fourth-order valence-corrected chi connectivity index (χ4v) is 1.81. The normalized spacial score (nSPS) is 10.7. The monoisotopic (exact) mass is 308 g/mol. The smallest absolute Gasteiger partial charge is 0.333 e. The second-order valence-corrected chi connectivity index (χ2v) is 4.42. The molecule has 1 rings (SSSR count). The quantitative estimate of drug-likeness (QED) is 0.686. The van der Waals surface area contributed by atoms with Crippen molar-refractivity contribution in [3.05, 3.63) is 39.9 Å². The summed E-state index contributed by atoms with van der Waals surface area (Å²) in [7, 11) is 1.35. The van der Waals surface area contributed by atoms with Gasteiger partial charge in [0.15, 0.2) is 0 Å². The molecule has 0 radical (unpaired) electrons. The maximum Gasteiger partial charge on any atom is 0.333 e. The molecule has 0 saturated carbocycles. The summed E-state index contributed by atoms with van der Waals surface area (Å²) >= 11 is 3.37. The van der Waals surface area contributed by atoms with Gasteiger partial charge in [-0.3, -0.25) is 0 Å². The van der Waals surface area contributed by atoms with E-state index in [1.54, 1.807) is 25.1 Å². The Bertz CT molecular complexity index is 518. The van der Waals surface area contributed by atoms with Crippen LogP contribution in [0.4, 0.5) is 5.69 Å². The van der Waals surface area contributed by atoms with Gasteiger partial charge in [0.25, 0.3) is 0 Å². The van der Waals surface area contributed by atoms with Crippen LogP contribution in [0.25, 0.3) is 0 Å². The average molecular weight is 309 g/mol. The van der Waals surface area contributed by atoms with Crippen LogP contribution >= 0.6 is 15.9 Å². The Balaban J connectivity index is 2.65. The van der Waals surface area contributed by atoms with Gasteiger partial charge in [0.1, 0.15) is 0 Å². The molecule has 0 amide bonds. The van der Waals surface area contributed by atoms with Crippen LogP contribution in [-0.2, 0) is 9.53 Å². The number of halogens is 1. The highest BCUT2D eigenvalue weighted by atomic mass is 79.9. The topological polar surface area (TPSA) is 62.1 Å². The first kappa shape index (κ1) is 14.3. The number of rotatable bonds is 4. The van der Waals surface area contributed by atoms with Gasteiger partial charge in [0.2, 0.25) is 0 Å². The molecule has 0 spiro atoms. The van der Waals surface area contributed by atoms with E-state index in [2.05, 4.69) is 32.1 Å². The van der Waals surface area contributed by atoms with E-state index in [9.17, 15) is 4.79 Å². The van der Waals surface area contributed by atoms with Gasteiger partial charge in [-0.2, -0.15) is 5.26 Å². The summed E-state index contributed by atoms with van der Waals surface area (Å²) < 4.78 is 5.40. The van der Waals surface area contributed by atoms with Crippen molar-refractivity contribution < 1.29 is 9.53 Å². The first-order valence-electron chi connectivity index (χ1n) is 5.27. The van der Waals surface area contributed by atoms with Gasteiger partial charge in [-0.05, 0) is 41.1 Å². The Morgan fingerprint density at radius 3 is 2.89 bits per heavy atom. The first-order valence-corrected chi connectivity index (χ1v) is 6.06.